The molecule has 2 atom stereocenters. The zero-order chi connectivity index (χ0) is 14.6. The van der Waals surface area contributed by atoms with Crippen molar-refractivity contribution in [2.24, 2.45) is 11.7 Å². The van der Waals surface area contributed by atoms with Crippen LogP contribution < -0.4 is 10.5 Å². The minimum atomic E-state index is 0.195. The van der Waals surface area contributed by atoms with Gasteiger partial charge in [0.1, 0.15) is 11.9 Å². The average Bonchev–Trinajstić information content (AvgIpc) is 2.63. The molecule has 112 valence electrons. The van der Waals surface area contributed by atoms with Gasteiger partial charge in [-0.2, -0.15) is 0 Å². The van der Waals surface area contributed by atoms with Gasteiger partial charge < -0.3 is 10.5 Å². The summed E-state index contributed by atoms with van der Waals surface area (Å²) in [6.07, 6.45) is 6.53. The van der Waals surface area contributed by atoms with E-state index < -0.39 is 0 Å². The van der Waals surface area contributed by atoms with Gasteiger partial charge in [-0.05, 0) is 48.9 Å². The number of ether oxygens (including phenoxy) is 1. The summed E-state index contributed by atoms with van der Waals surface area (Å²) in [7, 11) is 0. The molecule has 0 bridgehead atoms. The highest BCUT2D eigenvalue weighted by Crippen LogP contribution is 2.29. The summed E-state index contributed by atoms with van der Waals surface area (Å²) in [6.45, 7) is 7.45. The molecular formula is C18H29NO. The quantitative estimate of drug-likeness (QED) is 0.836. The fourth-order valence-electron chi connectivity index (χ4n) is 2.98. The third kappa shape index (κ3) is 3.99. The third-order valence-electron chi connectivity index (χ3n) is 4.40. The zero-order valence-electron chi connectivity index (χ0n) is 13.2. The summed E-state index contributed by atoms with van der Waals surface area (Å²) < 4.78 is 6.23. The number of rotatable bonds is 3. The van der Waals surface area contributed by atoms with Crippen LogP contribution in [0.3, 0.4) is 0 Å². The molecule has 1 aromatic rings. The predicted molar refractivity (Wildman–Crippen MR) is 85.2 cm³/mol. The van der Waals surface area contributed by atoms with E-state index in [1.165, 1.54) is 31.2 Å². The van der Waals surface area contributed by atoms with Gasteiger partial charge in [0.05, 0.1) is 0 Å². The van der Waals surface area contributed by atoms with Crippen LogP contribution in [-0.4, -0.2) is 12.6 Å². The Morgan fingerprint density at radius 3 is 2.30 bits per heavy atom. The zero-order valence-corrected chi connectivity index (χ0v) is 13.2. The van der Waals surface area contributed by atoms with Crippen molar-refractivity contribution in [1.82, 2.24) is 0 Å². The van der Waals surface area contributed by atoms with Gasteiger partial charge in [-0.25, -0.2) is 0 Å². The van der Waals surface area contributed by atoms with Crippen LogP contribution in [0, 0.1) is 5.92 Å². The van der Waals surface area contributed by atoms with E-state index in [9.17, 15) is 0 Å². The van der Waals surface area contributed by atoms with Gasteiger partial charge in [-0.15, -0.1) is 0 Å². The minimum Gasteiger partial charge on any atom is -0.490 e. The Labute approximate surface area is 123 Å². The van der Waals surface area contributed by atoms with Crippen molar-refractivity contribution < 1.29 is 4.74 Å². The lowest BCUT2D eigenvalue weighted by atomic mass is 9.87. The van der Waals surface area contributed by atoms with Crippen molar-refractivity contribution in [2.45, 2.75) is 64.4 Å². The van der Waals surface area contributed by atoms with Crippen LogP contribution in [0.25, 0.3) is 0 Å². The molecule has 0 amide bonds. The first-order valence-electron chi connectivity index (χ1n) is 7.98. The molecular weight excluding hydrogens is 246 g/mol. The molecule has 0 spiro atoms. The maximum Gasteiger partial charge on any atom is 0.119 e. The third-order valence-corrected chi connectivity index (χ3v) is 4.40. The summed E-state index contributed by atoms with van der Waals surface area (Å²) in [6, 6.07) is 8.59. The highest BCUT2D eigenvalue weighted by atomic mass is 16.5. The van der Waals surface area contributed by atoms with Crippen LogP contribution in [0.15, 0.2) is 24.3 Å². The van der Waals surface area contributed by atoms with E-state index >= 15 is 0 Å². The highest BCUT2D eigenvalue weighted by molar-refractivity contribution is 5.31. The number of benzene rings is 1. The Hall–Kier alpha value is -1.02. The van der Waals surface area contributed by atoms with Crippen molar-refractivity contribution in [3.05, 3.63) is 29.8 Å². The molecule has 0 aliphatic heterocycles. The van der Waals surface area contributed by atoms with Crippen molar-refractivity contribution in [3.8, 4) is 5.75 Å². The topological polar surface area (TPSA) is 35.2 Å². The number of hydrogen-bond acceptors (Lipinski definition) is 2. The van der Waals surface area contributed by atoms with Crippen molar-refractivity contribution >= 4 is 0 Å². The highest BCUT2D eigenvalue weighted by Gasteiger charge is 2.24. The largest absolute Gasteiger partial charge is 0.490 e. The molecule has 0 aromatic heterocycles. The van der Waals surface area contributed by atoms with Gasteiger partial charge >= 0.3 is 0 Å². The van der Waals surface area contributed by atoms with Crippen LogP contribution >= 0.6 is 0 Å². The average molecular weight is 275 g/mol. The van der Waals surface area contributed by atoms with E-state index in [0.29, 0.717) is 12.0 Å². The maximum atomic E-state index is 6.23. The molecule has 0 heterocycles. The molecule has 1 aromatic carbocycles. The normalized spacial score (nSPS) is 24.2. The predicted octanol–water partition coefficient (Wildman–Crippen LogP) is 4.27. The Bertz CT molecular complexity index is 404. The lowest BCUT2D eigenvalue weighted by Crippen LogP contribution is -2.31. The smallest absolute Gasteiger partial charge is 0.119 e. The van der Waals surface area contributed by atoms with Crippen LogP contribution in [0.2, 0.25) is 0 Å². The van der Waals surface area contributed by atoms with E-state index in [0.717, 1.165) is 18.7 Å². The summed E-state index contributed by atoms with van der Waals surface area (Å²) in [5, 5.41) is 0. The molecule has 2 N–H and O–H groups in total. The molecule has 0 saturated heterocycles. The molecule has 2 heteroatoms. The second kappa shape index (κ2) is 6.62. The van der Waals surface area contributed by atoms with E-state index in [1.54, 1.807) is 0 Å². The lowest BCUT2D eigenvalue weighted by molar-refractivity contribution is 0.129. The van der Waals surface area contributed by atoms with E-state index in [1.807, 2.05) is 0 Å². The first-order valence-corrected chi connectivity index (χ1v) is 7.98. The minimum absolute atomic E-state index is 0.195. The van der Waals surface area contributed by atoms with Gasteiger partial charge in [0.15, 0.2) is 0 Å². The summed E-state index contributed by atoms with van der Waals surface area (Å²) in [4.78, 5) is 0. The summed E-state index contributed by atoms with van der Waals surface area (Å²) in [5.41, 5.74) is 7.46. The van der Waals surface area contributed by atoms with E-state index in [-0.39, 0.29) is 5.41 Å². The number of nitrogens with two attached hydrogens (primary N) is 1. The fraction of sp³-hybridized carbons (Fsp3) is 0.667. The molecule has 2 nitrogen and oxygen atoms in total. The number of hydrogen-bond donors (Lipinski definition) is 1. The molecule has 1 saturated carbocycles. The Morgan fingerprint density at radius 2 is 1.70 bits per heavy atom. The second-order valence-corrected chi connectivity index (χ2v) is 7.06. The monoisotopic (exact) mass is 275 g/mol. The summed E-state index contributed by atoms with van der Waals surface area (Å²) >= 11 is 0. The standard InChI is InChI=1S/C18H29NO/c1-18(2,3)15-9-11-16(12-10-15)20-17-8-6-4-5-7-14(17)13-19/h9-12,14,17H,4-8,13,19H2,1-3H3. The molecule has 1 aliphatic rings. The SMILES string of the molecule is CC(C)(C)c1ccc(OC2CCCCCC2CN)cc1. The van der Waals surface area contributed by atoms with Crippen molar-refractivity contribution in [3.63, 3.8) is 0 Å². The van der Waals surface area contributed by atoms with Crippen LogP contribution in [0.4, 0.5) is 0 Å². The van der Waals surface area contributed by atoms with Gasteiger partial charge in [-0.1, -0.05) is 45.7 Å². The second-order valence-electron chi connectivity index (χ2n) is 7.06. The van der Waals surface area contributed by atoms with Gasteiger partial charge in [0.2, 0.25) is 0 Å². The Morgan fingerprint density at radius 1 is 1.05 bits per heavy atom. The van der Waals surface area contributed by atoms with E-state index in [4.69, 9.17) is 10.5 Å². The molecule has 1 fully saturated rings. The van der Waals surface area contributed by atoms with Gasteiger partial charge in [0, 0.05) is 5.92 Å². The van der Waals surface area contributed by atoms with Crippen LogP contribution in [0.5, 0.6) is 5.75 Å². The van der Waals surface area contributed by atoms with Crippen LogP contribution in [0.1, 0.15) is 58.4 Å². The summed E-state index contributed by atoms with van der Waals surface area (Å²) in [5.74, 6) is 1.50. The van der Waals surface area contributed by atoms with E-state index in [2.05, 4.69) is 45.0 Å². The first kappa shape index (κ1) is 15.4. The molecule has 2 rings (SSSR count). The maximum absolute atomic E-state index is 6.23. The van der Waals surface area contributed by atoms with Crippen molar-refractivity contribution in [1.29, 1.82) is 0 Å². The molecule has 1 aliphatic carbocycles. The fourth-order valence-corrected chi connectivity index (χ4v) is 2.98. The molecule has 20 heavy (non-hydrogen) atoms. The van der Waals surface area contributed by atoms with Gasteiger partial charge in [0.25, 0.3) is 0 Å². The Kier molecular flexibility index (Phi) is 5.09. The molecule has 0 radical (unpaired) electrons. The van der Waals surface area contributed by atoms with Gasteiger partial charge in [-0.3, -0.25) is 0 Å². The van der Waals surface area contributed by atoms with Crippen LogP contribution in [-0.2, 0) is 5.41 Å². The van der Waals surface area contributed by atoms with Crippen molar-refractivity contribution in [2.75, 3.05) is 6.54 Å². The first-order chi connectivity index (χ1) is 9.50. The Balaban J connectivity index is 2.04. The molecule has 2 unspecified atom stereocenters. The lowest BCUT2D eigenvalue weighted by Gasteiger charge is -2.25.